The molecule has 2 heterocycles. The van der Waals surface area contributed by atoms with Crippen molar-refractivity contribution >= 4 is 21.7 Å². The normalized spacial score (nSPS) is 10.5. The lowest BCUT2D eigenvalue weighted by Crippen LogP contribution is -2.12. The van der Waals surface area contributed by atoms with Crippen LogP contribution < -0.4 is 4.74 Å². The van der Waals surface area contributed by atoms with Gasteiger partial charge in [-0.15, -0.1) is 0 Å². The summed E-state index contributed by atoms with van der Waals surface area (Å²) >= 11 is 3.35. The third-order valence-electron chi connectivity index (χ3n) is 2.73. The topological polar surface area (TPSA) is 57.0 Å². The van der Waals surface area contributed by atoms with Gasteiger partial charge < -0.3 is 4.74 Å². The fraction of sp³-hybridized carbons (Fsp3) is 0.308. The molecule has 0 radical (unpaired) electrons. The van der Waals surface area contributed by atoms with Crippen molar-refractivity contribution in [3.63, 3.8) is 0 Å². The van der Waals surface area contributed by atoms with Crippen LogP contribution in [0.3, 0.4) is 0 Å². The van der Waals surface area contributed by atoms with Crippen LogP contribution in [0.4, 0.5) is 0 Å². The molecule has 0 bridgehead atoms. The van der Waals surface area contributed by atoms with Crippen LogP contribution in [0, 0.1) is 0 Å². The van der Waals surface area contributed by atoms with Gasteiger partial charge in [-0.1, -0.05) is 6.07 Å². The van der Waals surface area contributed by atoms with Crippen molar-refractivity contribution in [2.75, 3.05) is 7.11 Å². The van der Waals surface area contributed by atoms with Gasteiger partial charge in [0.25, 0.3) is 0 Å². The van der Waals surface area contributed by atoms with E-state index >= 15 is 0 Å². The lowest BCUT2D eigenvalue weighted by molar-refractivity contribution is 0.0982. The van der Waals surface area contributed by atoms with E-state index in [9.17, 15) is 4.79 Å². The number of ketones is 1. The highest BCUT2D eigenvalue weighted by atomic mass is 79.9. The number of halogens is 1. The highest BCUT2D eigenvalue weighted by Crippen LogP contribution is 2.18. The van der Waals surface area contributed by atoms with Crippen LogP contribution in [-0.4, -0.2) is 27.7 Å². The average Bonchev–Trinajstić information content (AvgIpc) is 2.80. The Morgan fingerprint density at radius 3 is 2.79 bits per heavy atom. The molecular formula is C13H14BrN3O2. The summed E-state index contributed by atoms with van der Waals surface area (Å²) in [6.07, 6.45) is 3.58. The van der Waals surface area contributed by atoms with Crippen LogP contribution in [0.25, 0.3) is 0 Å². The predicted octanol–water partition coefficient (Wildman–Crippen LogP) is 2.49. The summed E-state index contributed by atoms with van der Waals surface area (Å²) in [6.45, 7) is 2.61. The molecule has 2 aromatic rings. The van der Waals surface area contributed by atoms with E-state index in [1.165, 1.54) is 0 Å². The summed E-state index contributed by atoms with van der Waals surface area (Å²) in [7, 11) is 1.56. The fourth-order valence-corrected chi connectivity index (χ4v) is 2.30. The molecule has 100 valence electrons. The van der Waals surface area contributed by atoms with Crippen molar-refractivity contribution < 1.29 is 9.53 Å². The maximum absolute atomic E-state index is 12.3. The van der Waals surface area contributed by atoms with Gasteiger partial charge >= 0.3 is 0 Å². The van der Waals surface area contributed by atoms with Crippen molar-refractivity contribution in [1.29, 1.82) is 0 Å². The first-order valence-corrected chi connectivity index (χ1v) is 6.68. The SMILES string of the molecule is CCn1ncc(Br)c1C(=O)Cc1ccc(OC)nc1. The molecule has 0 aromatic carbocycles. The van der Waals surface area contributed by atoms with E-state index in [0.717, 1.165) is 10.0 Å². The summed E-state index contributed by atoms with van der Waals surface area (Å²) in [5.74, 6) is 0.550. The molecule has 0 aliphatic heterocycles. The monoisotopic (exact) mass is 323 g/mol. The molecule has 2 rings (SSSR count). The van der Waals surface area contributed by atoms with Gasteiger partial charge in [0, 0.05) is 25.2 Å². The Kier molecular flexibility index (Phi) is 4.31. The zero-order valence-electron chi connectivity index (χ0n) is 10.8. The quantitative estimate of drug-likeness (QED) is 0.793. The third-order valence-corrected chi connectivity index (χ3v) is 3.31. The number of hydrogen-bond donors (Lipinski definition) is 0. The van der Waals surface area contributed by atoms with Crippen LogP contribution in [0.2, 0.25) is 0 Å². The molecule has 0 N–H and O–H groups in total. The van der Waals surface area contributed by atoms with Crippen molar-refractivity contribution in [3.05, 3.63) is 40.3 Å². The molecule has 0 saturated carbocycles. The van der Waals surface area contributed by atoms with E-state index in [-0.39, 0.29) is 5.78 Å². The summed E-state index contributed by atoms with van der Waals surface area (Å²) in [6, 6.07) is 3.58. The molecule has 0 amide bonds. The number of aryl methyl sites for hydroxylation is 1. The maximum Gasteiger partial charge on any atom is 0.212 e. The van der Waals surface area contributed by atoms with Crippen LogP contribution >= 0.6 is 15.9 Å². The summed E-state index contributed by atoms with van der Waals surface area (Å²) in [4.78, 5) is 16.4. The number of carbonyl (C=O) groups is 1. The van der Waals surface area contributed by atoms with E-state index in [2.05, 4.69) is 26.0 Å². The maximum atomic E-state index is 12.3. The fourth-order valence-electron chi connectivity index (χ4n) is 1.78. The minimum Gasteiger partial charge on any atom is -0.481 e. The number of rotatable bonds is 5. The molecule has 0 atom stereocenters. The zero-order chi connectivity index (χ0) is 13.8. The molecule has 0 spiro atoms. The summed E-state index contributed by atoms with van der Waals surface area (Å²) in [5, 5.41) is 4.14. The van der Waals surface area contributed by atoms with Crippen LogP contribution in [0.5, 0.6) is 5.88 Å². The van der Waals surface area contributed by atoms with Gasteiger partial charge in [-0.2, -0.15) is 5.10 Å². The molecule has 0 aliphatic rings. The molecular weight excluding hydrogens is 310 g/mol. The van der Waals surface area contributed by atoms with Crippen molar-refractivity contribution in [2.45, 2.75) is 19.9 Å². The number of hydrogen-bond acceptors (Lipinski definition) is 4. The van der Waals surface area contributed by atoms with E-state index < -0.39 is 0 Å². The standard InChI is InChI=1S/C13H14BrN3O2/c1-3-17-13(10(14)8-16-17)11(18)6-9-4-5-12(19-2)15-7-9/h4-5,7-8H,3,6H2,1-2H3. The van der Waals surface area contributed by atoms with Gasteiger partial charge in [0.05, 0.1) is 17.8 Å². The molecule has 19 heavy (non-hydrogen) atoms. The van der Waals surface area contributed by atoms with Gasteiger partial charge in [-0.3, -0.25) is 9.48 Å². The van der Waals surface area contributed by atoms with Gasteiger partial charge in [0.2, 0.25) is 5.88 Å². The zero-order valence-corrected chi connectivity index (χ0v) is 12.3. The minimum absolute atomic E-state index is 0.0122. The highest BCUT2D eigenvalue weighted by Gasteiger charge is 2.16. The van der Waals surface area contributed by atoms with Gasteiger partial charge in [-0.25, -0.2) is 4.98 Å². The molecule has 0 aliphatic carbocycles. The second kappa shape index (κ2) is 5.97. The van der Waals surface area contributed by atoms with Crippen LogP contribution in [-0.2, 0) is 13.0 Å². The van der Waals surface area contributed by atoms with E-state index in [0.29, 0.717) is 24.5 Å². The number of pyridine rings is 1. The molecule has 6 heteroatoms. The Labute approximate surface area is 119 Å². The number of ether oxygens (including phenoxy) is 1. The Bertz CT molecular complexity index is 578. The van der Waals surface area contributed by atoms with E-state index in [4.69, 9.17) is 4.74 Å². The lowest BCUT2D eigenvalue weighted by atomic mass is 10.1. The summed E-state index contributed by atoms with van der Waals surface area (Å²) < 4.78 is 7.39. The predicted molar refractivity (Wildman–Crippen MR) is 74.4 cm³/mol. The summed E-state index contributed by atoms with van der Waals surface area (Å²) in [5.41, 5.74) is 1.44. The minimum atomic E-state index is 0.0122. The molecule has 0 fully saturated rings. The molecule has 5 nitrogen and oxygen atoms in total. The number of methoxy groups -OCH3 is 1. The van der Waals surface area contributed by atoms with Gasteiger partial charge in [0.15, 0.2) is 5.78 Å². The number of nitrogens with zero attached hydrogens (tertiary/aromatic N) is 3. The van der Waals surface area contributed by atoms with Gasteiger partial charge in [-0.05, 0) is 28.4 Å². The van der Waals surface area contributed by atoms with Gasteiger partial charge in [0.1, 0.15) is 5.69 Å². The van der Waals surface area contributed by atoms with Crippen molar-refractivity contribution in [3.8, 4) is 5.88 Å². The number of Topliss-reactive ketones (excluding diaryl/α,β-unsaturated/α-hetero) is 1. The van der Waals surface area contributed by atoms with Crippen LogP contribution in [0.1, 0.15) is 23.0 Å². The van der Waals surface area contributed by atoms with E-state index in [1.807, 2.05) is 13.0 Å². The first-order valence-electron chi connectivity index (χ1n) is 5.89. The van der Waals surface area contributed by atoms with Crippen molar-refractivity contribution in [2.24, 2.45) is 0 Å². The van der Waals surface area contributed by atoms with E-state index in [1.54, 1.807) is 30.3 Å². The Morgan fingerprint density at radius 1 is 1.42 bits per heavy atom. The smallest absolute Gasteiger partial charge is 0.212 e. The Hall–Kier alpha value is -1.69. The lowest BCUT2D eigenvalue weighted by Gasteiger charge is -2.05. The first kappa shape index (κ1) is 13.7. The number of aromatic nitrogens is 3. The average molecular weight is 324 g/mol. The number of carbonyl (C=O) groups excluding carboxylic acids is 1. The second-order valence-electron chi connectivity index (χ2n) is 3.97. The highest BCUT2D eigenvalue weighted by molar-refractivity contribution is 9.10. The molecule has 0 unspecified atom stereocenters. The largest absolute Gasteiger partial charge is 0.481 e. The second-order valence-corrected chi connectivity index (χ2v) is 4.82. The Morgan fingerprint density at radius 2 is 2.21 bits per heavy atom. The van der Waals surface area contributed by atoms with Crippen molar-refractivity contribution in [1.82, 2.24) is 14.8 Å². The third kappa shape index (κ3) is 3.01. The molecule has 2 aromatic heterocycles. The Balaban J connectivity index is 2.18. The first-order chi connectivity index (χ1) is 9.15. The van der Waals surface area contributed by atoms with Crippen LogP contribution in [0.15, 0.2) is 29.0 Å². The molecule has 0 saturated heterocycles.